The van der Waals surface area contributed by atoms with Crippen LogP contribution in [0.4, 0.5) is 5.95 Å². The van der Waals surface area contributed by atoms with Gasteiger partial charge in [0, 0.05) is 51.2 Å². The number of thiazole rings is 1. The molecule has 28 heavy (non-hydrogen) atoms. The van der Waals surface area contributed by atoms with E-state index in [0.717, 1.165) is 31.7 Å². The predicted molar refractivity (Wildman–Crippen MR) is 112 cm³/mol. The second-order valence-electron chi connectivity index (χ2n) is 6.91. The summed E-state index contributed by atoms with van der Waals surface area (Å²) in [5, 5.41) is 2.76. The quantitative estimate of drug-likeness (QED) is 0.715. The Balaban J connectivity index is 1.38. The molecule has 1 N–H and O–H groups in total. The largest absolute Gasteiger partial charge is 0.352 e. The molecular weight excluding hydrogens is 372 g/mol. The van der Waals surface area contributed by atoms with Gasteiger partial charge in [-0.25, -0.2) is 15.0 Å². The van der Waals surface area contributed by atoms with Crippen molar-refractivity contribution >= 4 is 33.4 Å². The first-order valence-electron chi connectivity index (χ1n) is 9.58. The molecule has 0 bridgehead atoms. The van der Waals surface area contributed by atoms with Crippen molar-refractivity contribution in [2.75, 3.05) is 37.6 Å². The fraction of sp³-hybridized carbons (Fsp3) is 0.400. The van der Waals surface area contributed by atoms with E-state index in [4.69, 9.17) is 0 Å². The number of anilines is 1. The molecule has 1 unspecified atom stereocenters. The lowest BCUT2D eigenvalue weighted by Crippen LogP contribution is -2.47. The normalized spacial score (nSPS) is 16.3. The van der Waals surface area contributed by atoms with Crippen molar-refractivity contribution in [2.24, 2.45) is 0 Å². The first kappa shape index (κ1) is 18.8. The van der Waals surface area contributed by atoms with Crippen LogP contribution in [0, 0.1) is 0 Å². The smallest absolute Gasteiger partial charge is 0.254 e. The number of nitrogens with zero attached hydrogens (tertiary/aromatic N) is 5. The van der Waals surface area contributed by atoms with Crippen LogP contribution in [0.25, 0.3) is 10.2 Å². The van der Waals surface area contributed by atoms with Crippen LogP contribution < -0.4 is 10.2 Å². The summed E-state index contributed by atoms with van der Waals surface area (Å²) < 4.78 is 1.23. The van der Waals surface area contributed by atoms with E-state index in [0.29, 0.717) is 24.1 Å². The van der Waals surface area contributed by atoms with E-state index in [2.05, 4.69) is 55.2 Å². The molecule has 3 heterocycles. The Kier molecular flexibility index (Phi) is 5.50. The highest BCUT2D eigenvalue weighted by Gasteiger charge is 2.24. The van der Waals surface area contributed by atoms with Crippen molar-refractivity contribution in [3.05, 3.63) is 47.2 Å². The Hall–Kier alpha value is -2.58. The number of nitrogens with one attached hydrogen (secondary N) is 1. The van der Waals surface area contributed by atoms with E-state index < -0.39 is 0 Å². The molecule has 3 aromatic rings. The van der Waals surface area contributed by atoms with Crippen molar-refractivity contribution in [3.8, 4) is 0 Å². The topological polar surface area (TPSA) is 74.2 Å². The number of piperazine rings is 1. The second kappa shape index (κ2) is 8.20. The van der Waals surface area contributed by atoms with Crippen molar-refractivity contribution in [3.63, 3.8) is 0 Å². The number of carbonyl (C=O) groups is 1. The van der Waals surface area contributed by atoms with E-state index in [1.54, 1.807) is 23.7 Å². The van der Waals surface area contributed by atoms with Gasteiger partial charge in [0.1, 0.15) is 0 Å². The van der Waals surface area contributed by atoms with Gasteiger partial charge in [0.15, 0.2) is 0 Å². The van der Waals surface area contributed by atoms with Gasteiger partial charge >= 0.3 is 0 Å². The summed E-state index contributed by atoms with van der Waals surface area (Å²) in [5.74, 6) is 0.550. The molecule has 0 saturated carbocycles. The molecule has 146 valence electrons. The van der Waals surface area contributed by atoms with E-state index in [1.807, 2.05) is 12.4 Å². The maximum absolute atomic E-state index is 11.8. The number of amides is 1. The number of aromatic nitrogens is 3. The Morgan fingerprint density at radius 3 is 2.64 bits per heavy atom. The molecule has 1 fully saturated rings. The average Bonchev–Trinajstić information content (AvgIpc) is 3.21. The van der Waals surface area contributed by atoms with Gasteiger partial charge < -0.3 is 10.2 Å². The van der Waals surface area contributed by atoms with Crippen LogP contribution in [0.3, 0.4) is 0 Å². The number of carbonyl (C=O) groups excluding carboxylic acids is 1. The molecule has 2 aromatic heterocycles. The van der Waals surface area contributed by atoms with Gasteiger partial charge in [-0.15, -0.1) is 11.3 Å². The summed E-state index contributed by atoms with van der Waals surface area (Å²) in [6, 6.07) is 6.92. The Bertz CT molecular complexity index is 949. The fourth-order valence-electron chi connectivity index (χ4n) is 3.52. The van der Waals surface area contributed by atoms with Crippen LogP contribution in [-0.2, 0) is 0 Å². The van der Waals surface area contributed by atoms with Gasteiger partial charge in [-0.2, -0.15) is 0 Å². The van der Waals surface area contributed by atoms with Crippen molar-refractivity contribution in [1.82, 2.24) is 25.2 Å². The highest BCUT2D eigenvalue weighted by molar-refractivity contribution is 7.16. The van der Waals surface area contributed by atoms with E-state index in [9.17, 15) is 4.79 Å². The van der Waals surface area contributed by atoms with Crippen molar-refractivity contribution in [1.29, 1.82) is 0 Å². The van der Waals surface area contributed by atoms with Gasteiger partial charge in [-0.05, 0) is 31.5 Å². The zero-order valence-corrected chi connectivity index (χ0v) is 16.9. The molecule has 7 nitrogen and oxygen atoms in total. The molecule has 0 aliphatic carbocycles. The Morgan fingerprint density at radius 2 is 1.93 bits per heavy atom. The number of hydrogen-bond donors (Lipinski definition) is 1. The van der Waals surface area contributed by atoms with Gasteiger partial charge in [0.2, 0.25) is 5.95 Å². The maximum Gasteiger partial charge on any atom is 0.254 e. The minimum Gasteiger partial charge on any atom is -0.352 e. The first-order valence-corrected chi connectivity index (χ1v) is 10.5. The van der Waals surface area contributed by atoms with Crippen LogP contribution >= 0.6 is 11.3 Å². The lowest BCUT2D eigenvalue weighted by atomic mass is 10.1. The summed E-state index contributed by atoms with van der Waals surface area (Å²) in [4.78, 5) is 29.7. The Labute approximate surface area is 168 Å². The zero-order valence-electron chi connectivity index (χ0n) is 16.1. The third-order valence-electron chi connectivity index (χ3n) is 5.22. The predicted octanol–water partition coefficient (Wildman–Crippen LogP) is 2.72. The summed E-state index contributed by atoms with van der Waals surface area (Å²) in [5.41, 5.74) is 4.77. The molecule has 8 heteroatoms. The lowest BCUT2D eigenvalue weighted by molar-refractivity contribution is 0.0955. The zero-order chi connectivity index (χ0) is 19.5. The monoisotopic (exact) mass is 396 g/mol. The van der Waals surface area contributed by atoms with E-state index in [1.165, 1.54) is 10.3 Å². The highest BCUT2D eigenvalue weighted by Crippen LogP contribution is 2.27. The molecule has 1 aliphatic rings. The van der Waals surface area contributed by atoms with Gasteiger partial charge in [-0.3, -0.25) is 9.69 Å². The van der Waals surface area contributed by atoms with Crippen LogP contribution in [0.2, 0.25) is 0 Å². The number of rotatable bonds is 5. The lowest BCUT2D eigenvalue weighted by Gasteiger charge is -2.38. The number of fused-ring (bicyclic) bond motifs is 1. The minimum atomic E-state index is -0.134. The average molecular weight is 397 g/mol. The third-order valence-corrected chi connectivity index (χ3v) is 6.03. The van der Waals surface area contributed by atoms with Crippen molar-refractivity contribution < 1.29 is 4.79 Å². The molecule has 1 aliphatic heterocycles. The van der Waals surface area contributed by atoms with Gasteiger partial charge in [0.25, 0.3) is 5.91 Å². The van der Waals surface area contributed by atoms with Crippen LogP contribution in [0.5, 0.6) is 0 Å². The molecular formula is C20H24N6OS. The molecule has 4 rings (SSSR count). The van der Waals surface area contributed by atoms with E-state index >= 15 is 0 Å². The third kappa shape index (κ3) is 3.83. The molecule has 0 radical (unpaired) electrons. The molecule has 1 saturated heterocycles. The van der Waals surface area contributed by atoms with E-state index in [-0.39, 0.29) is 5.91 Å². The maximum atomic E-state index is 11.8. The second-order valence-corrected chi connectivity index (χ2v) is 7.80. The number of hydrogen-bond acceptors (Lipinski definition) is 7. The molecule has 1 atom stereocenters. The summed E-state index contributed by atoms with van der Waals surface area (Å²) >= 11 is 1.68. The summed E-state index contributed by atoms with van der Waals surface area (Å²) in [6.07, 6.45) is 3.21. The molecule has 0 spiro atoms. The Morgan fingerprint density at radius 1 is 1.18 bits per heavy atom. The summed E-state index contributed by atoms with van der Waals surface area (Å²) in [6.45, 7) is 8.35. The number of benzene rings is 1. The summed E-state index contributed by atoms with van der Waals surface area (Å²) in [7, 11) is 0. The van der Waals surface area contributed by atoms with Crippen LogP contribution in [-0.4, -0.2) is 58.5 Å². The SMILES string of the molecule is CCNC(=O)c1cnc(N2CCN(C(C)c3ccc4scnc4c3)CC2)nc1. The highest BCUT2D eigenvalue weighted by atomic mass is 32.1. The van der Waals surface area contributed by atoms with Crippen LogP contribution in [0.15, 0.2) is 36.1 Å². The van der Waals surface area contributed by atoms with Gasteiger partial charge in [0.05, 0.1) is 21.3 Å². The molecule has 1 amide bonds. The minimum absolute atomic E-state index is 0.134. The standard InChI is InChI=1S/C20H24N6OS/c1-3-21-19(27)16-11-22-20(23-12-16)26-8-6-25(7-9-26)14(2)15-4-5-18-17(10-15)24-13-28-18/h4-5,10-14H,3,6-9H2,1-2H3,(H,21,27). The molecule has 1 aromatic carbocycles. The first-order chi connectivity index (χ1) is 13.7. The fourth-order valence-corrected chi connectivity index (χ4v) is 4.18. The van der Waals surface area contributed by atoms with Crippen molar-refractivity contribution in [2.45, 2.75) is 19.9 Å². The van der Waals surface area contributed by atoms with Gasteiger partial charge in [-0.1, -0.05) is 6.07 Å². The van der Waals surface area contributed by atoms with Crippen LogP contribution in [0.1, 0.15) is 35.8 Å².